The van der Waals surface area contributed by atoms with Crippen molar-refractivity contribution in [2.45, 2.75) is 37.8 Å². The average Bonchev–Trinajstić information content (AvgIpc) is 2.92. The second kappa shape index (κ2) is 6.66. The largest absolute Gasteiger partial charge is 0.391 e. The van der Waals surface area contributed by atoms with Crippen LogP contribution in [0.25, 0.3) is 0 Å². The van der Waals surface area contributed by atoms with Crippen molar-refractivity contribution in [1.29, 1.82) is 0 Å². The number of likely N-dealkylation sites (tertiary alicyclic amines) is 2. The SMILES string of the molecule is O=C1CCCCN1CC(=O)N1C[C@H](O)C[C@H]1c1ccc(F)cc1. The lowest BCUT2D eigenvalue weighted by Crippen LogP contribution is -2.44. The van der Waals surface area contributed by atoms with E-state index in [1.54, 1.807) is 21.9 Å². The number of piperidine rings is 1. The van der Waals surface area contributed by atoms with E-state index in [2.05, 4.69) is 0 Å². The predicted octanol–water partition coefficient (Wildman–Crippen LogP) is 1.47. The molecule has 2 atom stereocenters. The zero-order valence-corrected chi connectivity index (χ0v) is 12.9. The summed E-state index contributed by atoms with van der Waals surface area (Å²) in [6.07, 6.45) is 2.14. The van der Waals surface area contributed by atoms with Crippen LogP contribution in [0.3, 0.4) is 0 Å². The molecule has 1 aromatic rings. The van der Waals surface area contributed by atoms with Crippen molar-refractivity contribution in [2.24, 2.45) is 0 Å². The Bertz CT molecular complexity index is 590. The van der Waals surface area contributed by atoms with Gasteiger partial charge in [0.1, 0.15) is 5.82 Å². The lowest BCUT2D eigenvalue weighted by atomic mass is 10.0. The fourth-order valence-corrected chi connectivity index (χ4v) is 3.37. The van der Waals surface area contributed by atoms with Gasteiger partial charge >= 0.3 is 0 Å². The highest BCUT2D eigenvalue weighted by Crippen LogP contribution is 2.32. The number of benzene rings is 1. The summed E-state index contributed by atoms with van der Waals surface area (Å²) < 4.78 is 13.1. The average molecular weight is 320 g/mol. The zero-order valence-electron chi connectivity index (χ0n) is 12.9. The Labute approximate surface area is 134 Å². The van der Waals surface area contributed by atoms with Crippen LogP contribution in [0.15, 0.2) is 24.3 Å². The molecule has 0 aliphatic carbocycles. The van der Waals surface area contributed by atoms with Crippen LogP contribution in [0.5, 0.6) is 0 Å². The van der Waals surface area contributed by atoms with Crippen molar-refractivity contribution in [3.8, 4) is 0 Å². The second-order valence-electron chi connectivity index (χ2n) is 6.28. The molecule has 2 fully saturated rings. The summed E-state index contributed by atoms with van der Waals surface area (Å²) in [5.41, 5.74) is 0.807. The molecule has 23 heavy (non-hydrogen) atoms. The van der Waals surface area contributed by atoms with E-state index in [-0.39, 0.29) is 36.8 Å². The Balaban J connectivity index is 1.72. The van der Waals surface area contributed by atoms with E-state index >= 15 is 0 Å². The van der Waals surface area contributed by atoms with E-state index in [1.165, 1.54) is 12.1 Å². The van der Waals surface area contributed by atoms with E-state index in [0.717, 1.165) is 18.4 Å². The summed E-state index contributed by atoms with van der Waals surface area (Å²) in [5.74, 6) is -0.474. The number of carbonyl (C=O) groups is 2. The van der Waals surface area contributed by atoms with Crippen LogP contribution in [-0.4, -0.2) is 52.5 Å². The number of amides is 2. The number of aliphatic hydroxyl groups excluding tert-OH is 1. The number of hydrogen-bond donors (Lipinski definition) is 1. The molecule has 0 unspecified atom stereocenters. The standard InChI is InChI=1S/C17H21FN2O3/c18-13-6-4-12(5-7-13)15-9-14(21)10-20(15)17(23)11-19-8-2-1-3-16(19)22/h4-7,14-15,21H,1-3,8-11H2/t14-,15+/m1/s1. The number of carbonyl (C=O) groups excluding carboxylic acids is 2. The molecule has 0 saturated carbocycles. The first-order chi connectivity index (χ1) is 11.0. The third-order valence-electron chi connectivity index (χ3n) is 4.60. The predicted molar refractivity (Wildman–Crippen MR) is 81.9 cm³/mol. The summed E-state index contributed by atoms with van der Waals surface area (Å²) in [4.78, 5) is 27.7. The Morgan fingerprint density at radius 2 is 2.00 bits per heavy atom. The molecule has 2 saturated heterocycles. The summed E-state index contributed by atoms with van der Waals surface area (Å²) >= 11 is 0. The number of halogens is 1. The molecule has 2 heterocycles. The van der Waals surface area contributed by atoms with Crippen LogP contribution in [0.2, 0.25) is 0 Å². The maximum absolute atomic E-state index is 13.1. The topological polar surface area (TPSA) is 60.9 Å². The molecule has 6 heteroatoms. The quantitative estimate of drug-likeness (QED) is 0.917. The van der Waals surface area contributed by atoms with Gasteiger partial charge in [-0.05, 0) is 37.0 Å². The van der Waals surface area contributed by atoms with Crippen molar-refractivity contribution < 1.29 is 19.1 Å². The molecule has 2 aliphatic rings. The first-order valence-corrected chi connectivity index (χ1v) is 8.05. The van der Waals surface area contributed by atoms with Crippen LogP contribution in [0.1, 0.15) is 37.3 Å². The van der Waals surface area contributed by atoms with Crippen molar-refractivity contribution in [2.75, 3.05) is 19.6 Å². The van der Waals surface area contributed by atoms with Crippen LogP contribution in [-0.2, 0) is 9.59 Å². The highest BCUT2D eigenvalue weighted by atomic mass is 19.1. The highest BCUT2D eigenvalue weighted by molar-refractivity contribution is 5.85. The lowest BCUT2D eigenvalue weighted by Gasteiger charge is -2.30. The molecule has 0 bridgehead atoms. The molecular weight excluding hydrogens is 299 g/mol. The molecule has 3 rings (SSSR count). The zero-order chi connectivity index (χ0) is 16.4. The summed E-state index contributed by atoms with van der Waals surface area (Å²) in [6.45, 7) is 0.925. The van der Waals surface area contributed by atoms with Gasteiger partial charge in [-0.2, -0.15) is 0 Å². The van der Waals surface area contributed by atoms with Gasteiger partial charge < -0.3 is 14.9 Å². The number of rotatable bonds is 3. The fraction of sp³-hybridized carbons (Fsp3) is 0.529. The van der Waals surface area contributed by atoms with Gasteiger partial charge in [-0.15, -0.1) is 0 Å². The van der Waals surface area contributed by atoms with Crippen LogP contribution < -0.4 is 0 Å². The molecule has 0 radical (unpaired) electrons. The lowest BCUT2D eigenvalue weighted by molar-refractivity contribution is -0.142. The monoisotopic (exact) mass is 320 g/mol. The van der Waals surface area contributed by atoms with Crippen LogP contribution in [0.4, 0.5) is 4.39 Å². The van der Waals surface area contributed by atoms with E-state index in [4.69, 9.17) is 0 Å². The third kappa shape index (κ3) is 3.52. The number of β-amino-alcohol motifs (C(OH)–C–C–N with tert-alkyl or cyclic N) is 1. The molecule has 0 aromatic heterocycles. The first-order valence-electron chi connectivity index (χ1n) is 8.05. The molecule has 2 amide bonds. The van der Waals surface area contributed by atoms with Crippen molar-refractivity contribution in [3.63, 3.8) is 0 Å². The third-order valence-corrected chi connectivity index (χ3v) is 4.60. The smallest absolute Gasteiger partial charge is 0.242 e. The normalized spacial score (nSPS) is 25.0. The number of nitrogens with zero attached hydrogens (tertiary/aromatic N) is 2. The molecule has 2 aliphatic heterocycles. The maximum Gasteiger partial charge on any atom is 0.242 e. The van der Waals surface area contributed by atoms with Gasteiger partial charge in [-0.3, -0.25) is 9.59 Å². The molecule has 1 aromatic carbocycles. The summed E-state index contributed by atoms with van der Waals surface area (Å²) in [6, 6.07) is 5.74. The minimum absolute atomic E-state index is 0.0164. The maximum atomic E-state index is 13.1. The van der Waals surface area contributed by atoms with E-state index in [1.807, 2.05) is 0 Å². The Hall–Kier alpha value is -1.95. The van der Waals surface area contributed by atoms with Crippen molar-refractivity contribution in [3.05, 3.63) is 35.6 Å². The van der Waals surface area contributed by atoms with Gasteiger partial charge in [0.15, 0.2) is 0 Å². The minimum Gasteiger partial charge on any atom is -0.391 e. The highest BCUT2D eigenvalue weighted by Gasteiger charge is 2.36. The Kier molecular flexibility index (Phi) is 4.61. The van der Waals surface area contributed by atoms with E-state index in [9.17, 15) is 19.1 Å². The van der Waals surface area contributed by atoms with Gasteiger partial charge in [0.2, 0.25) is 11.8 Å². The Morgan fingerprint density at radius 1 is 1.26 bits per heavy atom. The fourth-order valence-electron chi connectivity index (χ4n) is 3.37. The van der Waals surface area contributed by atoms with E-state index in [0.29, 0.717) is 19.4 Å². The minimum atomic E-state index is -0.592. The van der Waals surface area contributed by atoms with Crippen LogP contribution >= 0.6 is 0 Å². The van der Waals surface area contributed by atoms with E-state index < -0.39 is 6.10 Å². The van der Waals surface area contributed by atoms with Gasteiger partial charge in [-0.1, -0.05) is 12.1 Å². The summed E-state index contributed by atoms with van der Waals surface area (Å²) in [5, 5.41) is 9.94. The van der Waals surface area contributed by atoms with Crippen LogP contribution in [0, 0.1) is 5.82 Å². The molecule has 5 nitrogen and oxygen atoms in total. The van der Waals surface area contributed by atoms with Gasteiger partial charge in [0.05, 0.1) is 18.7 Å². The molecular formula is C17H21FN2O3. The van der Waals surface area contributed by atoms with Gasteiger partial charge in [0.25, 0.3) is 0 Å². The van der Waals surface area contributed by atoms with Crippen molar-refractivity contribution in [1.82, 2.24) is 9.80 Å². The Morgan fingerprint density at radius 3 is 2.70 bits per heavy atom. The number of aliphatic hydroxyl groups is 1. The molecule has 124 valence electrons. The van der Waals surface area contributed by atoms with Gasteiger partial charge in [0, 0.05) is 19.5 Å². The molecule has 0 spiro atoms. The number of hydrogen-bond acceptors (Lipinski definition) is 3. The van der Waals surface area contributed by atoms with Gasteiger partial charge in [-0.25, -0.2) is 4.39 Å². The second-order valence-corrected chi connectivity index (χ2v) is 6.28. The first kappa shape index (κ1) is 15.9. The van der Waals surface area contributed by atoms with Crippen molar-refractivity contribution >= 4 is 11.8 Å². The summed E-state index contributed by atoms with van der Waals surface area (Å²) in [7, 11) is 0. The molecule has 1 N–H and O–H groups in total.